The largest absolute Gasteiger partial charge is 0.497 e. The van der Waals surface area contributed by atoms with Crippen LogP contribution in [0.4, 0.5) is 0 Å². The van der Waals surface area contributed by atoms with Crippen LogP contribution >= 0.6 is 11.6 Å². The zero-order chi connectivity index (χ0) is 18.4. The van der Waals surface area contributed by atoms with E-state index in [9.17, 15) is 4.79 Å². The number of carbonyl (C=O) groups excluding carboxylic acids is 1. The molecule has 0 bridgehead atoms. The summed E-state index contributed by atoms with van der Waals surface area (Å²) >= 11 is 5.86. The van der Waals surface area contributed by atoms with Gasteiger partial charge in [-0.2, -0.15) is 4.98 Å². The molecule has 8 heteroatoms. The van der Waals surface area contributed by atoms with Gasteiger partial charge < -0.3 is 19.3 Å². The molecule has 0 fully saturated rings. The molecule has 0 aliphatic carbocycles. The topological polar surface area (TPSA) is 86.5 Å². The third kappa shape index (κ3) is 4.73. The van der Waals surface area contributed by atoms with Crippen molar-refractivity contribution in [3.05, 3.63) is 59.4 Å². The van der Waals surface area contributed by atoms with E-state index in [2.05, 4.69) is 15.5 Å². The molecule has 1 amide bonds. The fourth-order valence-corrected chi connectivity index (χ4v) is 2.30. The number of carbonyl (C=O) groups is 1. The normalized spacial score (nSPS) is 10.4. The second kappa shape index (κ2) is 8.35. The Kier molecular flexibility index (Phi) is 5.70. The fourth-order valence-electron chi connectivity index (χ4n) is 2.11. The van der Waals surface area contributed by atoms with Crippen LogP contribution in [0.1, 0.15) is 5.89 Å². The number of ether oxygens (including phenoxy) is 2. The van der Waals surface area contributed by atoms with Crippen LogP contribution in [-0.4, -0.2) is 29.8 Å². The maximum absolute atomic E-state index is 11.8. The summed E-state index contributed by atoms with van der Waals surface area (Å²) in [5.74, 6) is 1.69. The number of amides is 1. The Labute approximate surface area is 154 Å². The van der Waals surface area contributed by atoms with E-state index in [-0.39, 0.29) is 19.1 Å². The smallest absolute Gasteiger partial charge is 0.258 e. The molecular formula is C18H16ClN3O4. The van der Waals surface area contributed by atoms with Gasteiger partial charge in [-0.15, -0.1) is 0 Å². The number of aromatic nitrogens is 2. The molecule has 0 spiro atoms. The molecule has 0 saturated heterocycles. The summed E-state index contributed by atoms with van der Waals surface area (Å²) in [7, 11) is 1.60. The second-order valence-electron chi connectivity index (χ2n) is 5.26. The first kappa shape index (κ1) is 17.8. The summed E-state index contributed by atoms with van der Waals surface area (Å²) in [5, 5.41) is 7.09. The number of nitrogens with one attached hydrogen (secondary N) is 1. The summed E-state index contributed by atoms with van der Waals surface area (Å²) in [6.07, 6.45) is 0. The molecular weight excluding hydrogens is 358 g/mol. The highest BCUT2D eigenvalue weighted by atomic mass is 35.5. The minimum Gasteiger partial charge on any atom is -0.497 e. The number of benzene rings is 2. The Morgan fingerprint density at radius 2 is 2.00 bits per heavy atom. The highest BCUT2D eigenvalue weighted by molar-refractivity contribution is 6.30. The summed E-state index contributed by atoms with van der Waals surface area (Å²) in [6.45, 7) is -0.0271. The van der Waals surface area contributed by atoms with E-state index < -0.39 is 0 Å². The first-order chi connectivity index (χ1) is 12.6. The van der Waals surface area contributed by atoms with Crippen molar-refractivity contribution in [2.75, 3.05) is 13.7 Å². The van der Waals surface area contributed by atoms with Crippen molar-refractivity contribution in [1.29, 1.82) is 0 Å². The Balaban J connectivity index is 1.50. The molecule has 2 aromatic carbocycles. The predicted octanol–water partition coefficient (Wildman–Crippen LogP) is 3.09. The fraction of sp³-hybridized carbons (Fsp3) is 0.167. The molecule has 1 aromatic heterocycles. The zero-order valence-corrected chi connectivity index (χ0v) is 14.7. The Morgan fingerprint density at radius 3 is 2.73 bits per heavy atom. The molecule has 0 atom stereocenters. The molecule has 134 valence electrons. The van der Waals surface area contributed by atoms with Crippen LogP contribution in [0.5, 0.6) is 11.5 Å². The van der Waals surface area contributed by atoms with Crippen LogP contribution < -0.4 is 14.8 Å². The average molecular weight is 374 g/mol. The van der Waals surface area contributed by atoms with E-state index in [0.717, 1.165) is 11.3 Å². The van der Waals surface area contributed by atoms with Gasteiger partial charge in [-0.3, -0.25) is 4.79 Å². The quantitative estimate of drug-likeness (QED) is 0.684. The summed E-state index contributed by atoms with van der Waals surface area (Å²) in [6, 6.07) is 14.1. The van der Waals surface area contributed by atoms with Gasteiger partial charge in [-0.05, 0) is 42.5 Å². The Morgan fingerprint density at radius 1 is 1.19 bits per heavy atom. The molecule has 0 unspecified atom stereocenters. The Bertz CT molecular complexity index is 880. The lowest BCUT2D eigenvalue weighted by atomic mass is 10.2. The van der Waals surface area contributed by atoms with Crippen LogP contribution in [0.3, 0.4) is 0 Å². The zero-order valence-electron chi connectivity index (χ0n) is 13.9. The molecule has 26 heavy (non-hydrogen) atoms. The van der Waals surface area contributed by atoms with Crippen molar-refractivity contribution in [1.82, 2.24) is 15.5 Å². The molecule has 3 aromatic rings. The number of methoxy groups -OCH3 is 1. The van der Waals surface area contributed by atoms with Gasteiger partial charge in [0, 0.05) is 10.6 Å². The molecule has 1 heterocycles. The highest BCUT2D eigenvalue weighted by Crippen LogP contribution is 2.19. The van der Waals surface area contributed by atoms with Crippen LogP contribution in [0.25, 0.3) is 11.4 Å². The van der Waals surface area contributed by atoms with Gasteiger partial charge in [-0.25, -0.2) is 0 Å². The van der Waals surface area contributed by atoms with Gasteiger partial charge >= 0.3 is 0 Å². The van der Waals surface area contributed by atoms with Gasteiger partial charge in [0.2, 0.25) is 11.7 Å². The van der Waals surface area contributed by atoms with Crippen LogP contribution in [-0.2, 0) is 11.3 Å². The highest BCUT2D eigenvalue weighted by Gasteiger charge is 2.10. The van der Waals surface area contributed by atoms with Gasteiger partial charge in [0.05, 0.1) is 13.7 Å². The van der Waals surface area contributed by atoms with Crippen molar-refractivity contribution in [2.24, 2.45) is 0 Å². The lowest BCUT2D eigenvalue weighted by molar-refractivity contribution is -0.123. The molecule has 0 aliphatic rings. The number of hydrogen-bond acceptors (Lipinski definition) is 6. The summed E-state index contributed by atoms with van der Waals surface area (Å²) in [5.41, 5.74) is 0.788. The van der Waals surface area contributed by atoms with Crippen LogP contribution in [0.2, 0.25) is 5.02 Å². The maximum Gasteiger partial charge on any atom is 0.258 e. The van der Waals surface area contributed by atoms with Crippen molar-refractivity contribution in [2.45, 2.75) is 6.54 Å². The first-order valence-corrected chi connectivity index (χ1v) is 8.14. The molecule has 3 rings (SSSR count). The number of nitrogens with zero attached hydrogens (tertiary/aromatic N) is 2. The minimum atomic E-state index is -0.311. The van der Waals surface area contributed by atoms with Crippen LogP contribution in [0.15, 0.2) is 53.1 Å². The summed E-state index contributed by atoms with van der Waals surface area (Å²) in [4.78, 5) is 16.1. The lowest BCUT2D eigenvalue weighted by Crippen LogP contribution is -2.28. The van der Waals surface area contributed by atoms with Crippen molar-refractivity contribution >= 4 is 17.5 Å². The lowest BCUT2D eigenvalue weighted by Gasteiger charge is -2.06. The van der Waals surface area contributed by atoms with Crippen molar-refractivity contribution in [3.63, 3.8) is 0 Å². The molecule has 0 aliphatic heterocycles. The summed E-state index contributed by atoms with van der Waals surface area (Å²) < 4.78 is 15.6. The second-order valence-corrected chi connectivity index (χ2v) is 5.70. The van der Waals surface area contributed by atoms with Gasteiger partial charge in [-0.1, -0.05) is 22.8 Å². The van der Waals surface area contributed by atoms with E-state index in [1.165, 1.54) is 0 Å². The molecule has 0 radical (unpaired) electrons. The number of hydrogen-bond donors (Lipinski definition) is 1. The number of rotatable bonds is 7. The number of halogens is 1. The van der Waals surface area contributed by atoms with Gasteiger partial charge in [0.15, 0.2) is 6.61 Å². The van der Waals surface area contributed by atoms with Gasteiger partial charge in [0.25, 0.3) is 5.91 Å². The van der Waals surface area contributed by atoms with Crippen molar-refractivity contribution in [3.8, 4) is 22.9 Å². The molecule has 0 saturated carbocycles. The van der Waals surface area contributed by atoms with Crippen molar-refractivity contribution < 1.29 is 18.8 Å². The van der Waals surface area contributed by atoms with E-state index in [0.29, 0.717) is 22.5 Å². The minimum absolute atomic E-state index is 0.112. The van der Waals surface area contributed by atoms with E-state index in [4.69, 9.17) is 25.6 Å². The monoisotopic (exact) mass is 373 g/mol. The Hall–Kier alpha value is -3.06. The predicted molar refractivity (Wildman–Crippen MR) is 95.1 cm³/mol. The molecule has 7 nitrogen and oxygen atoms in total. The SMILES string of the molecule is COc1ccc(-c2noc(CNC(=O)COc3cccc(Cl)c3)n2)cc1. The first-order valence-electron chi connectivity index (χ1n) is 7.76. The third-order valence-electron chi connectivity index (χ3n) is 3.42. The van der Waals surface area contributed by atoms with E-state index in [1.807, 2.05) is 12.1 Å². The van der Waals surface area contributed by atoms with Crippen LogP contribution in [0, 0.1) is 0 Å². The average Bonchev–Trinajstić information content (AvgIpc) is 3.14. The van der Waals surface area contributed by atoms with Gasteiger partial charge in [0.1, 0.15) is 11.5 Å². The third-order valence-corrected chi connectivity index (χ3v) is 3.65. The standard InChI is InChI=1S/C18H16ClN3O4/c1-24-14-7-5-12(6-8-14)18-21-17(26-22-18)10-20-16(23)11-25-15-4-2-3-13(19)9-15/h2-9H,10-11H2,1H3,(H,20,23). The van der Waals surface area contributed by atoms with E-state index in [1.54, 1.807) is 43.5 Å². The molecule has 1 N–H and O–H groups in total. The maximum atomic E-state index is 11.8. The van der Waals surface area contributed by atoms with E-state index >= 15 is 0 Å².